The van der Waals surface area contributed by atoms with Gasteiger partial charge in [0.05, 0.1) is 12.7 Å². The fraction of sp³-hybridized carbons (Fsp3) is 0.600. The molecule has 1 unspecified atom stereocenters. The van der Waals surface area contributed by atoms with Gasteiger partial charge in [-0.1, -0.05) is 23.2 Å². The Morgan fingerprint density at radius 2 is 1.95 bits per heavy atom. The van der Waals surface area contributed by atoms with Gasteiger partial charge in [-0.3, -0.25) is 4.90 Å². The van der Waals surface area contributed by atoms with E-state index in [4.69, 9.17) is 27.9 Å². The third-order valence-electron chi connectivity index (χ3n) is 3.86. The highest BCUT2D eigenvalue weighted by molar-refractivity contribution is 6.34. The summed E-state index contributed by atoms with van der Waals surface area (Å²) in [5.74, 6) is 0. The highest BCUT2D eigenvalue weighted by Gasteiger charge is 2.32. The number of benzene rings is 1. The van der Waals surface area contributed by atoms with Crippen LogP contribution in [0, 0.1) is 0 Å². The minimum Gasteiger partial charge on any atom is -0.374 e. The van der Waals surface area contributed by atoms with Crippen molar-refractivity contribution in [1.82, 2.24) is 10.2 Å². The van der Waals surface area contributed by atoms with Gasteiger partial charge in [-0.15, -0.1) is 0 Å². The fourth-order valence-electron chi connectivity index (χ4n) is 2.73. The quantitative estimate of drug-likeness (QED) is 0.904. The number of rotatable bonds is 5. The summed E-state index contributed by atoms with van der Waals surface area (Å²) in [5, 5.41) is 4.80. The molecule has 0 bridgehead atoms. The smallest absolute Gasteiger partial charge is 0.0826 e. The molecule has 1 atom stereocenters. The highest BCUT2D eigenvalue weighted by atomic mass is 35.5. The minimum absolute atomic E-state index is 0.291. The van der Waals surface area contributed by atoms with Gasteiger partial charge >= 0.3 is 0 Å². The molecule has 1 saturated heterocycles. The van der Waals surface area contributed by atoms with Crippen LogP contribution in [-0.2, 0) is 11.3 Å². The van der Waals surface area contributed by atoms with E-state index < -0.39 is 0 Å². The molecule has 1 aliphatic carbocycles. The number of halogens is 2. The average Bonchev–Trinajstić information content (AvgIpc) is 3.22. The van der Waals surface area contributed by atoms with Gasteiger partial charge in [0.2, 0.25) is 0 Å². The van der Waals surface area contributed by atoms with E-state index in [0.717, 1.165) is 44.4 Å². The van der Waals surface area contributed by atoms with Crippen molar-refractivity contribution in [1.29, 1.82) is 0 Å². The Morgan fingerprint density at radius 3 is 2.65 bits per heavy atom. The van der Waals surface area contributed by atoms with Crippen LogP contribution in [0.25, 0.3) is 0 Å². The predicted octanol–water partition coefficient (Wildman–Crippen LogP) is 2.95. The van der Waals surface area contributed by atoms with Gasteiger partial charge < -0.3 is 10.1 Å². The van der Waals surface area contributed by atoms with E-state index in [1.54, 1.807) is 6.07 Å². The van der Waals surface area contributed by atoms with E-state index in [1.165, 1.54) is 12.8 Å². The van der Waals surface area contributed by atoms with Crippen LogP contribution in [0.15, 0.2) is 18.2 Å². The maximum atomic E-state index is 6.00. The van der Waals surface area contributed by atoms with Gasteiger partial charge in [-0.05, 0) is 36.6 Å². The van der Waals surface area contributed by atoms with E-state index in [-0.39, 0.29) is 0 Å². The van der Waals surface area contributed by atoms with Crippen molar-refractivity contribution in [2.45, 2.75) is 31.5 Å². The SMILES string of the molecule is Clc1cc(Cl)cc(CNCC2CN(C3CC3)CCO2)c1. The molecule has 2 fully saturated rings. The number of hydrogen-bond acceptors (Lipinski definition) is 3. The van der Waals surface area contributed by atoms with E-state index in [0.29, 0.717) is 16.1 Å². The number of nitrogens with one attached hydrogen (secondary N) is 1. The van der Waals surface area contributed by atoms with Gasteiger partial charge in [-0.2, -0.15) is 0 Å². The molecule has 1 N–H and O–H groups in total. The fourth-order valence-corrected chi connectivity index (χ4v) is 3.30. The second kappa shape index (κ2) is 6.63. The van der Waals surface area contributed by atoms with E-state index in [9.17, 15) is 0 Å². The standard InChI is InChI=1S/C15H20Cl2N2O/c16-12-5-11(6-13(17)7-12)8-18-9-15-10-19(3-4-20-15)14-1-2-14/h5-7,14-15,18H,1-4,8-10H2. The summed E-state index contributed by atoms with van der Waals surface area (Å²) in [6.45, 7) is 4.63. The molecule has 3 rings (SSSR count). The molecule has 1 aromatic rings. The summed E-state index contributed by atoms with van der Waals surface area (Å²) >= 11 is 12.0. The number of hydrogen-bond donors (Lipinski definition) is 1. The molecule has 0 amide bonds. The zero-order valence-electron chi connectivity index (χ0n) is 11.4. The normalized spacial score (nSPS) is 24.0. The number of nitrogens with zero attached hydrogens (tertiary/aromatic N) is 1. The van der Waals surface area contributed by atoms with Gasteiger partial charge in [0.15, 0.2) is 0 Å². The van der Waals surface area contributed by atoms with Crippen molar-refractivity contribution in [3.63, 3.8) is 0 Å². The van der Waals surface area contributed by atoms with E-state index >= 15 is 0 Å². The lowest BCUT2D eigenvalue weighted by Crippen LogP contribution is -2.47. The zero-order valence-corrected chi connectivity index (χ0v) is 13.0. The van der Waals surface area contributed by atoms with Crippen LogP contribution in [0.2, 0.25) is 10.0 Å². The van der Waals surface area contributed by atoms with E-state index in [2.05, 4.69) is 10.2 Å². The lowest BCUT2D eigenvalue weighted by molar-refractivity contribution is -0.0301. The molecule has 2 aliphatic rings. The average molecular weight is 315 g/mol. The summed E-state index contributed by atoms with van der Waals surface area (Å²) in [4.78, 5) is 2.56. The zero-order chi connectivity index (χ0) is 13.9. The molecule has 3 nitrogen and oxygen atoms in total. The van der Waals surface area contributed by atoms with Crippen molar-refractivity contribution in [2.75, 3.05) is 26.2 Å². The van der Waals surface area contributed by atoms with Crippen LogP contribution in [-0.4, -0.2) is 43.3 Å². The molecule has 1 heterocycles. The molecule has 1 aromatic carbocycles. The maximum Gasteiger partial charge on any atom is 0.0826 e. The van der Waals surface area contributed by atoms with Crippen molar-refractivity contribution < 1.29 is 4.74 Å². The Labute approximate surface area is 130 Å². The first kappa shape index (κ1) is 14.6. The van der Waals surface area contributed by atoms with Crippen molar-refractivity contribution >= 4 is 23.2 Å². The van der Waals surface area contributed by atoms with Crippen molar-refractivity contribution in [3.05, 3.63) is 33.8 Å². The molecular formula is C15H20Cl2N2O. The first-order valence-corrected chi connectivity index (χ1v) is 7.97. The number of ether oxygens (including phenoxy) is 1. The Balaban J connectivity index is 1.44. The van der Waals surface area contributed by atoms with Gasteiger partial charge in [-0.25, -0.2) is 0 Å². The molecule has 1 saturated carbocycles. The second-order valence-electron chi connectivity index (χ2n) is 5.63. The van der Waals surface area contributed by atoms with Crippen LogP contribution >= 0.6 is 23.2 Å². The molecule has 0 radical (unpaired) electrons. The van der Waals surface area contributed by atoms with Crippen molar-refractivity contribution in [3.8, 4) is 0 Å². The summed E-state index contributed by atoms with van der Waals surface area (Å²) < 4.78 is 5.82. The summed E-state index contributed by atoms with van der Waals surface area (Å²) in [7, 11) is 0. The lowest BCUT2D eigenvalue weighted by Gasteiger charge is -2.33. The monoisotopic (exact) mass is 314 g/mol. The maximum absolute atomic E-state index is 6.00. The first-order valence-electron chi connectivity index (χ1n) is 7.22. The van der Waals surface area contributed by atoms with Gasteiger partial charge in [0, 0.05) is 42.3 Å². The third kappa shape index (κ3) is 4.09. The summed E-state index contributed by atoms with van der Waals surface area (Å²) in [6, 6.07) is 6.47. The largest absolute Gasteiger partial charge is 0.374 e. The van der Waals surface area contributed by atoms with Crippen LogP contribution in [0.4, 0.5) is 0 Å². The Kier molecular flexibility index (Phi) is 4.84. The second-order valence-corrected chi connectivity index (χ2v) is 6.50. The van der Waals surface area contributed by atoms with Crippen LogP contribution in [0.3, 0.4) is 0 Å². The summed E-state index contributed by atoms with van der Waals surface area (Å²) in [6.07, 6.45) is 3.02. The predicted molar refractivity (Wildman–Crippen MR) is 82.5 cm³/mol. The van der Waals surface area contributed by atoms with Crippen LogP contribution in [0.5, 0.6) is 0 Å². The third-order valence-corrected chi connectivity index (χ3v) is 4.29. The Bertz CT molecular complexity index is 445. The van der Waals surface area contributed by atoms with Crippen LogP contribution < -0.4 is 5.32 Å². The van der Waals surface area contributed by atoms with Crippen LogP contribution in [0.1, 0.15) is 18.4 Å². The molecule has 0 spiro atoms. The first-order chi connectivity index (χ1) is 9.70. The lowest BCUT2D eigenvalue weighted by atomic mass is 10.2. The molecule has 0 aromatic heterocycles. The molecule has 110 valence electrons. The molecule has 5 heteroatoms. The minimum atomic E-state index is 0.291. The highest BCUT2D eigenvalue weighted by Crippen LogP contribution is 2.28. The number of morpholine rings is 1. The Morgan fingerprint density at radius 1 is 1.20 bits per heavy atom. The van der Waals surface area contributed by atoms with Gasteiger partial charge in [0.25, 0.3) is 0 Å². The molecular weight excluding hydrogens is 295 g/mol. The van der Waals surface area contributed by atoms with Gasteiger partial charge in [0.1, 0.15) is 0 Å². The topological polar surface area (TPSA) is 24.5 Å². The molecule has 20 heavy (non-hydrogen) atoms. The van der Waals surface area contributed by atoms with E-state index in [1.807, 2.05) is 12.1 Å². The Hall–Kier alpha value is -0.320. The molecule has 1 aliphatic heterocycles. The van der Waals surface area contributed by atoms with Crippen molar-refractivity contribution in [2.24, 2.45) is 0 Å². The summed E-state index contributed by atoms with van der Waals surface area (Å²) in [5.41, 5.74) is 1.11.